The van der Waals surface area contributed by atoms with Crippen LogP contribution in [0.3, 0.4) is 0 Å². The summed E-state index contributed by atoms with van der Waals surface area (Å²) in [7, 11) is 0. The quantitative estimate of drug-likeness (QED) is 0.624. The van der Waals surface area contributed by atoms with Gasteiger partial charge in [0.25, 0.3) is 0 Å². The van der Waals surface area contributed by atoms with Gasteiger partial charge in [-0.05, 0) is 80.0 Å². The van der Waals surface area contributed by atoms with Gasteiger partial charge in [-0.15, -0.1) is 0 Å². The van der Waals surface area contributed by atoms with Gasteiger partial charge in [0.1, 0.15) is 0 Å². The van der Waals surface area contributed by atoms with Gasteiger partial charge in [-0.2, -0.15) is 0 Å². The number of carboxylic acids is 1. The zero-order valence-electron chi connectivity index (χ0n) is 15.2. The first-order valence-electron chi connectivity index (χ1n) is 9.94. The van der Waals surface area contributed by atoms with Crippen molar-refractivity contribution in [3.63, 3.8) is 0 Å². The van der Waals surface area contributed by atoms with Crippen LogP contribution in [-0.2, 0) is 4.79 Å². The van der Waals surface area contributed by atoms with E-state index in [9.17, 15) is 25.2 Å². The number of carbonyl (C=O) groups is 1. The fourth-order valence-electron chi connectivity index (χ4n) is 8.13. The van der Waals surface area contributed by atoms with Crippen molar-refractivity contribution in [2.45, 2.75) is 70.3 Å². The number of aliphatic hydroxyl groups is 3. The average Bonchev–Trinajstić information content (AvgIpc) is 2.79. The first kappa shape index (κ1) is 17.7. The Morgan fingerprint density at radius 1 is 1.04 bits per heavy atom. The standard InChI is InChI=1S/C20H32O5/c1-17-6-2-7-19(11-21,16(23)24)15(17)5-8-18-9-13(3-4-14(17)18)20(25,10-18)12-22/h13-15,21-22,25H,2-12H2,1H3,(H,23,24)/t13-,14-,15-,17-,18+,19-,20+/m1/s1. The van der Waals surface area contributed by atoms with Crippen LogP contribution < -0.4 is 0 Å². The lowest BCUT2D eigenvalue weighted by atomic mass is 9.41. The van der Waals surface area contributed by atoms with Crippen LogP contribution in [0.1, 0.15) is 64.7 Å². The number of aliphatic hydroxyl groups excluding tert-OH is 2. The van der Waals surface area contributed by atoms with E-state index < -0.39 is 17.0 Å². The Kier molecular flexibility index (Phi) is 3.85. The summed E-state index contributed by atoms with van der Waals surface area (Å²) in [5, 5.41) is 40.7. The SMILES string of the molecule is C[C@]12CCC[C@](CO)(C(=O)O)[C@@H]1CC[C@@]13C[C@@H](CC[C@@H]12)[C@@](O)(CO)C3. The molecule has 1 spiro atoms. The molecule has 0 aromatic carbocycles. The van der Waals surface area contributed by atoms with E-state index in [-0.39, 0.29) is 35.9 Å². The topological polar surface area (TPSA) is 98.0 Å². The minimum atomic E-state index is -1.00. The minimum absolute atomic E-state index is 0.00578. The molecular weight excluding hydrogens is 320 g/mol. The Bertz CT molecular complexity index is 578. The molecule has 0 amide bonds. The van der Waals surface area contributed by atoms with Crippen molar-refractivity contribution < 1.29 is 25.2 Å². The molecule has 25 heavy (non-hydrogen) atoms. The summed E-state index contributed by atoms with van der Waals surface area (Å²) in [6, 6.07) is 0. The second-order valence-corrected chi connectivity index (χ2v) is 9.90. The molecule has 0 heterocycles. The molecule has 4 rings (SSSR count). The molecule has 5 nitrogen and oxygen atoms in total. The lowest BCUT2D eigenvalue weighted by Crippen LogP contribution is -2.60. The minimum Gasteiger partial charge on any atom is -0.481 e. The second-order valence-electron chi connectivity index (χ2n) is 9.90. The van der Waals surface area contributed by atoms with E-state index in [1.807, 2.05) is 0 Å². The van der Waals surface area contributed by atoms with E-state index in [4.69, 9.17) is 0 Å². The third-order valence-electron chi connectivity index (χ3n) is 9.12. The predicted octanol–water partition coefficient (Wildman–Crippen LogP) is 2.18. The first-order chi connectivity index (χ1) is 11.8. The van der Waals surface area contributed by atoms with Gasteiger partial charge in [-0.1, -0.05) is 13.3 Å². The molecule has 4 N–H and O–H groups in total. The third kappa shape index (κ3) is 2.09. The van der Waals surface area contributed by atoms with E-state index in [1.165, 1.54) is 0 Å². The van der Waals surface area contributed by atoms with Crippen molar-refractivity contribution in [3.05, 3.63) is 0 Å². The van der Waals surface area contributed by atoms with Crippen LogP contribution in [0.2, 0.25) is 0 Å². The van der Waals surface area contributed by atoms with Gasteiger partial charge in [0.05, 0.1) is 24.2 Å². The summed E-state index contributed by atoms with van der Waals surface area (Å²) in [5.41, 5.74) is -2.00. The van der Waals surface area contributed by atoms with E-state index >= 15 is 0 Å². The number of carboxylic acid groups (broad SMARTS) is 1. The van der Waals surface area contributed by atoms with E-state index in [1.54, 1.807) is 0 Å². The molecule has 142 valence electrons. The van der Waals surface area contributed by atoms with Gasteiger partial charge in [0.15, 0.2) is 0 Å². The Balaban J connectivity index is 1.73. The van der Waals surface area contributed by atoms with Crippen molar-refractivity contribution in [2.24, 2.45) is 34.0 Å². The van der Waals surface area contributed by atoms with Gasteiger partial charge >= 0.3 is 5.97 Å². The van der Waals surface area contributed by atoms with Gasteiger partial charge in [0, 0.05) is 0 Å². The van der Waals surface area contributed by atoms with E-state index in [2.05, 4.69) is 6.92 Å². The summed E-state index contributed by atoms with van der Waals surface area (Å²) >= 11 is 0. The highest BCUT2D eigenvalue weighted by Crippen LogP contribution is 2.72. The molecular formula is C20H32O5. The Hall–Kier alpha value is -0.650. The average molecular weight is 352 g/mol. The number of hydrogen-bond acceptors (Lipinski definition) is 4. The molecule has 0 aromatic rings. The van der Waals surface area contributed by atoms with Crippen molar-refractivity contribution in [1.82, 2.24) is 0 Å². The summed E-state index contributed by atoms with van der Waals surface area (Å²) < 4.78 is 0. The highest BCUT2D eigenvalue weighted by Gasteiger charge is 2.68. The monoisotopic (exact) mass is 352 g/mol. The Labute approximate surface area is 149 Å². The zero-order valence-corrected chi connectivity index (χ0v) is 15.2. The molecule has 4 aliphatic carbocycles. The Morgan fingerprint density at radius 3 is 2.44 bits per heavy atom. The summed E-state index contributed by atoms with van der Waals surface area (Å²) in [6.07, 6.45) is 7.74. The molecule has 4 saturated carbocycles. The van der Waals surface area contributed by atoms with Crippen LogP contribution in [0.4, 0.5) is 0 Å². The third-order valence-corrected chi connectivity index (χ3v) is 9.12. The van der Waals surface area contributed by atoms with Crippen molar-refractivity contribution in [2.75, 3.05) is 13.2 Å². The Morgan fingerprint density at radius 2 is 1.80 bits per heavy atom. The van der Waals surface area contributed by atoms with Crippen molar-refractivity contribution in [1.29, 1.82) is 0 Å². The highest BCUT2D eigenvalue weighted by atomic mass is 16.4. The maximum Gasteiger partial charge on any atom is 0.312 e. The van der Waals surface area contributed by atoms with E-state index in [0.717, 1.165) is 44.9 Å². The van der Waals surface area contributed by atoms with Gasteiger partial charge in [0.2, 0.25) is 0 Å². The molecule has 0 aromatic heterocycles. The normalized spacial score (nSPS) is 54.6. The van der Waals surface area contributed by atoms with Crippen LogP contribution in [-0.4, -0.2) is 45.2 Å². The van der Waals surface area contributed by atoms with Crippen LogP contribution >= 0.6 is 0 Å². The first-order valence-corrected chi connectivity index (χ1v) is 9.94. The van der Waals surface area contributed by atoms with Crippen LogP contribution in [0.25, 0.3) is 0 Å². The van der Waals surface area contributed by atoms with Gasteiger partial charge in [-0.25, -0.2) is 0 Å². The fraction of sp³-hybridized carbons (Fsp3) is 0.950. The molecule has 5 heteroatoms. The van der Waals surface area contributed by atoms with Crippen molar-refractivity contribution >= 4 is 5.97 Å². The van der Waals surface area contributed by atoms with Crippen LogP contribution in [0, 0.1) is 34.0 Å². The summed E-state index contributed by atoms with van der Waals surface area (Å²) in [5.74, 6) is -0.263. The molecule has 0 aliphatic heterocycles. The number of hydrogen-bond donors (Lipinski definition) is 4. The molecule has 0 unspecified atom stereocenters. The molecule has 4 fully saturated rings. The lowest BCUT2D eigenvalue weighted by Gasteiger charge is -2.63. The number of rotatable bonds is 3. The summed E-state index contributed by atoms with van der Waals surface area (Å²) in [4.78, 5) is 12.1. The molecule has 2 bridgehead atoms. The van der Waals surface area contributed by atoms with Crippen LogP contribution in [0.15, 0.2) is 0 Å². The lowest BCUT2D eigenvalue weighted by molar-refractivity contribution is -0.191. The van der Waals surface area contributed by atoms with E-state index in [0.29, 0.717) is 18.8 Å². The second kappa shape index (κ2) is 5.43. The largest absolute Gasteiger partial charge is 0.481 e. The maximum absolute atomic E-state index is 12.1. The molecule has 4 aliphatic rings. The fourth-order valence-corrected chi connectivity index (χ4v) is 8.13. The number of fused-ring (bicyclic) bond motifs is 3. The zero-order chi connectivity index (χ0) is 18.1. The smallest absolute Gasteiger partial charge is 0.312 e. The van der Waals surface area contributed by atoms with Crippen LogP contribution in [0.5, 0.6) is 0 Å². The van der Waals surface area contributed by atoms with Crippen molar-refractivity contribution in [3.8, 4) is 0 Å². The highest BCUT2D eigenvalue weighted by molar-refractivity contribution is 5.75. The number of aliphatic carboxylic acids is 1. The van der Waals surface area contributed by atoms with Gasteiger partial charge in [-0.3, -0.25) is 4.79 Å². The maximum atomic E-state index is 12.1. The summed E-state index contributed by atoms with van der Waals surface area (Å²) in [6.45, 7) is 1.82. The van der Waals surface area contributed by atoms with Gasteiger partial charge < -0.3 is 20.4 Å². The predicted molar refractivity (Wildman–Crippen MR) is 91.8 cm³/mol. The molecule has 0 saturated heterocycles. The molecule has 7 atom stereocenters. The molecule has 0 radical (unpaired) electrons.